The Kier molecular flexibility index (Phi) is 1.33. The number of carbonyl (C=O) groups is 2. The lowest BCUT2D eigenvalue weighted by Gasteiger charge is -2.51. The number of Topliss-reactive ketones (excluding diaryl/α,β-unsaturated/α-hetero) is 1. The molecule has 1 amide bonds. The molecule has 2 aliphatic rings. The van der Waals surface area contributed by atoms with Crippen LogP contribution in [0.4, 0.5) is 0 Å². The second-order valence-corrected chi connectivity index (χ2v) is 3.64. The van der Waals surface area contributed by atoms with E-state index in [0.717, 1.165) is 0 Å². The van der Waals surface area contributed by atoms with Gasteiger partial charge in [-0.2, -0.15) is 0 Å². The molecule has 0 radical (unpaired) electrons. The Bertz CT molecular complexity index is 259. The van der Waals surface area contributed by atoms with Crippen LogP contribution in [0, 0.1) is 0 Å². The molecule has 1 unspecified atom stereocenters. The van der Waals surface area contributed by atoms with Crippen LogP contribution in [-0.2, 0) is 14.3 Å². The van der Waals surface area contributed by atoms with E-state index in [9.17, 15) is 9.59 Å². The van der Waals surface area contributed by atoms with Gasteiger partial charge >= 0.3 is 0 Å². The number of nitrogens with zero attached hydrogens (tertiary/aromatic N) is 1. The van der Waals surface area contributed by atoms with Crippen LogP contribution in [0.15, 0.2) is 0 Å². The molecule has 1 atom stereocenters. The maximum Gasteiger partial charge on any atom is 0.295 e. The summed E-state index contributed by atoms with van der Waals surface area (Å²) < 4.78 is 5.37. The zero-order chi connectivity index (χ0) is 8.93. The van der Waals surface area contributed by atoms with Crippen molar-refractivity contribution in [2.45, 2.75) is 32.0 Å². The number of hydrogen-bond donors (Lipinski definition) is 0. The van der Waals surface area contributed by atoms with Crippen molar-refractivity contribution < 1.29 is 14.3 Å². The first kappa shape index (κ1) is 7.73. The average molecular weight is 169 g/mol. The van der Waals surface area contributed by atoms with E-state index in [4.69, 9.17) is 4.74 Å². The van der Waals surface area contributed by atoms with Gasteiger partial charge in [0.25, 0.3) is 5.91 Å². The second kappa shape index (κ2) is 2.07. The van der Waals surface area contributed by atoms with Crippen molar-refractivity contribution in [2.75, 3.05) is 6.61 Å². The molecule has 4 heteroatoms. The summed E-state index contributed by atoms with van der Waals surface area (Å²) in [4.78, 5) is 23.7. The van der Waals surface area contributed by atoms with E-state index in [2.05, 4.69) is 0 Å². The third-order valence-electron chi connectivity index (χ3n) is 2.47. The molecule has 0 aromatic heterocycles. The molecule has 2 saturated heterocycles. The molecule has 12 heavy (non-hydrogen) atoms. The van der Waals surface area contributed by atoms with Crippen LogP contribution in [0.3, 0.4) is 0 Å². The van der Waals surface area contributed by atoms with Gasteiger partial charge in [0.15, 0.2) is 0 Å². The molecule has 0 spiro atoms. The molecular weight excluding hydrogens is 158 g/mol. The fraction of sp³-hybridized carbons (Fsp3) is 0.750. The van der Waals surface area contributed by atoms with Gasteiger partial charge in [-0.15, -0.1) is 0 Å². The van der Waals surface area contributed by atoms with E-state index in [-0.39, 0.29) is 11.8 Å². The number of fused-ring (bicyclic) bond motifs is 1. The summed E-state index contributed by atoms with van der Waals surface area (Å²) in [5.41, 5.74) is -0.589. The lowest BCUT2D eigenvalue weighted by molar-refractivity contribution is -0.215. The molecule has 0 saturated carbocycles. The first-order valence-electron chi connectivity index (χ1n) is 4.05. The van der Waals surface area contributed by atoms with Crippen LogP contribution < -0.4 is 0 Å². The van der Waals surface area contributed by atoms with Crippen molar-refractivity contribution in [2.24, 2.45) is 0 Å². The molecule has 0 aromatic carbocycles. The zero-order valence-electron chi connectivity index (χ0n) is 7.16. The minimum atomic E-state index is -0.589. The largest absolute Gasteiger partial charge is 0.356 e. The van der Waals surface area contributed by atoms with E-state index in [1.54, 1.807) is 0 Å². The van der Waals surface area contributed by atoms with Gasteiger partial charge in [0.05, 0.1) is 6.61 Å². The normalized spacial score (nSPS) is 32.8. The average Bonchev–Trinajstić information content (AvgIpc) is 2.01. The van der Waals surface area contributed by atoms with Gasteiger partial charge in [-0.05, 0) is 20.3 Å². The van der Waals surface area contributed by atoms with Crippen LogP contribution in [0.5, 0.6) is 0 Å². The summed E-state index contributed by atoms with van der Waals surface area (Å²) in [5, 5.41) is 0. The van der Waals surface area contributed by atoms with Gasteiger partial charge in [-0.3, -0.25) is 14.5 Å². The molecule has 66 valence electrons. The summed E-state index contributed by atoms with van der Waals surface area (Å²) >= 11 is 0. The fourth-order valence-corrected chi connectivity index (χ4v) is 1.82. The minimum Gasteiger partial charge on any atom is -0.356 e. The Hall–Kier alpha value is -0.900. The van der Waals surface area contributed by atoms with E-state index in [1.165, 1.54) is 4.90 Å². The Morgan fingerprint density at radius 1 is 1.50 bits per heavy atom. The first-order chi connectivity index (χ1) is 5.54. The van der Waals surface area contributed by atoms with Gasteiger partial charge in [-0.25, -0.2) is 0 Å². The van der Waals surface area contributed by atoms with Crippen LogP contribution in [-0.4, -0.2) is 35.0 Å². The predicted octanol–water partition coefficient (Wildman–Crippen LogP) is -0.0773. The third-order valence-corrected chi connectivity index (χ3v) is 2.47. The zero-order valence-corrected chi connectivity index (χ0v) is 7.16. The van der Waals surface area contributed by atoms with Gasteiger partial charge < -0.3 is 4.74 Å². The topological polar surface area (TPSA) is 46.6 Å². The van der Waals surface area contributed by atoms with Gasteiger partial charge in [0, 0.05) is 0 Å². The highest BCUT2D eigenvalue weighted by molar-refractivity contribution is 6.44. The van der Waals surface area contributed by atoms with Gasteiger partial charge in [0.1, 0.15) is 11.8 Å². The number of amides is 1. The molecule has 2 fully saturated rings. The smallest absolute Gasteiger partial charge is 0.295 e. The first-order valence-corrected chi connectivity index (χ1v) is 4.05. The Balaban J connectivity index is 2.26. The Labute approximate surface area is 70.5 Å². The maximum absolute atomic E-state index is 11.1. The van der Waals surface area contributed by atoms with Crippen LogP contribution in [0.2, 0.25) is 0 Å². The molecule has 2 rings (SSSR count). The Morgan fingerprint density at radius 2 is 2.17 bits per heavy atom. The molecule has 0 N–H and O–H groups in total. The molecule has 0 bridgehead atoms. The highest BCUT2D eigenvalue weighted by Crippen LogP contribution is 2.33. The molecule has 2 aliphatic heterocycles. The monoisotopic (exact) mass is 169 g/mol. The Morgan fingerprint density at radius 3 is 2.75 bits per heavy atom. The summed E-state index contributed by atoms with van der Waals surface area (Å²) in [5.74, 6) is -0.656. The molecule has 2 heterocycles. The van der Waals surface area contributed by atoms with E-state index >= 15 is 0 Å². The maximum atomic E-state index is 11.1. The quantitative estimate of drug-likeness (QED) is 0.376. The van der Waals surface area contributed by atoms with E-state index in [0.29, 0.717) is 13.0 Å². The van der Waals surface area contributed by atoms with Crippen molar-refractivity contribution in [1.29, 1.82) is 0 Å². The van der Waals surface area contributed by atoms with E-state index < -0.39 is 11.6 Å². The number of ketones is 1. The van der Waals surface area contributed by atoms with Crippen LogP contribution >= 0.6 is 0 Å². The molecule has 0 aromatic rings. The standard InChI is InChI=1S/C8H11NO3/c1-8(2)9-5(3-4-12-8)6(10)7(9)11/h5H,3-4H2,1-2H3. The predicted molar refractivity (Wildman–Crippen MR) is 40.3 cm³/mol. The van der Waals surface area contributed by atoms with Crippen LogP contribution in [0.25, 0.3) is 0 Å². The van der Waals surface area contributed by atoms with Gasteiger partial charge in [-0.1, -0.05) is 0 Å². The number of β-lactam (4-membered cyclic amide) rings is 1. The lowest BCUT2D eigenvalue weighted by atomic mass is 9.92. The van der Waals surface area contributed by atoms with Crippen LogP contribution in [0.1, 0.15) is 20.3 Å². The number of rotatable bonds is 0. The van der Waals surface area contributed by atoms with Gasteiger partial charge in [0.2, 0.25) is 5.78 Å². The van der Waals surface area contributed by atoms with E-state index in [1.807, 2.05) is 13.8 Å². The fourth-order valence-electron chi connectivity index (χ4n) is 1.82. The third kappa shape index (κ3) is 0.756. The molecule has 4 nitrogen and oxygen atoms in total. The van der Waals surface area contributed by atoms with Crippen molar-refractivity contribution in [1.82, 2.24) is 4.90 Å². The minimum absolute atomic E-state index is 0.207. The number of carbonyl (C=O) groups excluding carboxylic acids is 2. The SMILES string of the molecule is CC1(C)OCCC2C(=O)C(=O)N21. The summed E-state index contributed by atoms with van der Waals surface area (Å²) in [6.45, 7) is 4.18. The van der Waals surface area contributed by atoms with Crippen molar-refractivity contribution >= 4 is 11.7 Å². The summed E-state index contributed by atoms with van der Waals surface area (Å²) in [6, 6.07) is -0.207. The number of ether oxygens (including phenoxy) is 1. The lowest BCUT2D eigenvalue weighted by Crippen LogP contribution is -2.72. The number of hydrogen-bond acceptors (Lipinski definition) is 3. The highest BCUT2D eigenvalue weighted by atomic mass is 16.5. The summed E-state index contributed by atoms with van der Waals surface area (Å²) in [6.07, 6.45) is 0.647. The molecular formula is C8H11NO3. The van der Waals surface area contributed by atoms with Crippen molar-refractivity contribution in [3.05, 3.63) is 0 Å². The second-order valence-electron chi connectivity index (χ2n) is 3.64. The summed E-state index contributed by atoms with van der Waals surface area (Å²) in [7, 11) is 0. The van der Waals surface area contributed by atoms with Crippen molar-refractivity contribution in [3.8, 4) is 0 Å². The van der Waals surface area contributed by atoms with Crippen molar-refractivity contribution in [3.63, 3.8) is 0 Å². The highest BCUT2D eigenvalue weighted by Gasteiger charge is 2.55. The molecule has 0 aliphatic carbocycles.